The Kier molecular flexibility index (Phi) is 8.32. The van der Waals surface area contributed by atoms with Crippen LogP contribution in [0.2, 0.25) is 0 Å². The van der Waals surface area contributed by atoms with E-state index in [9.17, 15) is 33.5 Å². The van der Waals surface area contributed by atoms with Crippen molar-refractivity contribution in [1.82, 2.24) is 9.55 Å². The number of aliphatic hydroxyl groups is 2. The average molecular weight is 513 g/mol. The number of hydrogen-bond donors (Lipinski definition) is 6. The zero-order valence-corrected chi connectivity index (χ0v) is 18.2. The SMILES string of the molecule is Cn1cc([C@@H]2O[C@H](CO[P+](=O)SOP(=O)(O)OP(=O)(O)O)[C@@H](O)[C@H]2O)c(=O)[nH]c1=O. The number of aryl methyl sites for hydroxylation is 1. The molecule has 1 fully saturated rings. The number of rotatable bonds is 9. The van der Waals surface area contributed by atoms with Crippen molar-refractivity contribution in [1.29, 1.82) is 0 Å². The van der Waals surface area contributed by atoms with Crippen LogP contribution < -0.4 is 11.2 Å². The van der Waals surface area contributed by atoms with Gasteiger partial charge in [0.1, 0.15) is 31.0 Å². The first-order valence-corrected chi connectivity index (χ1v) is 13.1. The normalized spacial score (nSPS) is 27.1. The van der Waals surface area contributed by atoms with Gasteiger partial charge in [-0.2, -0.15) is 8.28 Å². The first kappa shape index (κ1) is 25.5. The van der Waals surface area contributed by atoms with Crippen molar-refractivity contribution in [3.05, 3.63) is 32.6 Å². The Morgan fingerprint density at radius 3 is 2.50 bits per heavy atom. The molecule has 0 bridgehead atoms. The van der Waals surface area contributed by atoms with Crippen molar-refractivity contribution in [3.63, 3.8) is 0 Å². The van der Waals surface area contributed by atoms with E-state index in [2.05, 4.69) is 8.28 Å². The number of aromatic amines is 1. The molecule has 6 N–H and O–H groups in total. The largest absolute Gasteiger partial charge is 0.616 e. The zero-order chi connectivity index (χ0) is 22.9. The zero-order valence-electron chi connectivity index (χ0n) is 14.7. The summed E-state index contributed by atoms with van der Waals surface area (Å²) in [4.78, 5) is 51.2. The number of aliphatic hydroxyl groups excluding tert-OH is 2. The third-order valence-electron chi connectivity index (χ3n) is 3.55. The third kappa shape index (κ3) is 6.87. The lowest BCUT2D eigenvalue weighted by atomic mass is 10.0. The Bertz CT molecular complexity index is 1000. The molecule has 1 aliphatic rings. The number of ether oxygens (including phenoxy) is 1. The summed E-state index contributed by atoms with van der Waals surface area (Å²) < 4.78 is 52.0. The molecule has 0 aliphatic carbocycles. The van der Waals surface area contributed by atoms with E-state index in [1.807, 2.05) is 4.98 Å². The molecule has 2 heterocycles. The van der Waals surface area contributed by atoms with Gasteiger partial charge in [-0.15, -0.1) is 4.52 Å². The minimum atomic E-state index is -5.36. The summed E-state index contributed by atoms with van der Waals surface area (Å²) in [5, 5.41) is 20.2. The number of aromatic nitrogens is 2. The number of hydrogen-bond acceptors (Lipinski definition) is 12. The predicted octanol–water partition coefficient (Wildman–Crippen LogP) is -1.22. The van der Waals surface area contributed by atoms with E-state index in [-0.39, 0.29) is 17.2 Å². The van der Waals surface area contributed by atoms with Gasteiger partial charge in [-0.1, -0.05) is 0 Å². The predicted molar refractivity (Wildman–Crippen MR) is 97.1 cm³/mol. The third-order valence-corrected chi connectivity index (χ3v) is 8.01. The van der Waals surface area contributed by atoms with Crippen LogP contribution in [0, 0.1) is 0 Å². The van der Waals surface area contributed by atoms with Gasteiger partial charge in [-0.25, -0.2) is 13.9 Å². The minimum absolute atomic E-state index is 0.163. The molecule has 1 aromatic rings. The summed E-state index contributed by atoms with van der Waals surface area (Å²) in [7, 11) is -12.2. The summed E-state index contributed by atoms with van der Waals surface area (Å²) in [6.45, 7) is -0.640. The van der Waals surface area contributed by atoms with Gasteiger partial charge in [0.15, 0.2) is 0 Å². The number of nitrogens with one attached hydrogen (secondary N) is 1. The molecule has 16 nitrogen and oxygen atoms in total. The molecule has 1 aliphatic heterocycles. The molecular formula is C10H16N2O14P3S+. The van der Waals surface area contributed by atoms with E-state index in [4.69, 9.17) is 23.9 Å². The highest BCUT2D eigenvalue weighted by Crippen LogP contribution is 2.62. The molecule has 30 heavy (non-hydrogen) atoms. The van der Waals surface area contributed by atoms with Crippen LogP contribution in [0.25, 0.3) is 0 Å². The van der Waals surface area contributed by atoms with Gasteiger partial charge in [0, 0.05) is 13.2 Å². The Morgan fingerprint density at radius 1 is 1.27 bits per heavy atom. The van der Waals surface area contributed by atoms with Gasteiger partial charge in [0.25, 0.3) is 5.56 Å². The molecule has 0 saturated carbocycles. The lowest BCUT2D eigenvalue weighted by molar-refractivity contribution is -0.0155. The molecule has 0 aromatic carbocycles. The minimum Gasteiger partial charge on any atom is -0.387 e. The Balaban J connectivity index is 1.95. The summed E-state index contributed by atoms with van der Waals surface area (Å²) in [5.41, 5.74) is -1.73. The van der Waals surface area contributed by atoms with E-state index in [0.717, 1.165) is 10.8 Å². The van der Waals surface area contributed by atoms with E-state index in [0.29, 0.717) is 0 Å². The number of H-pyrrole nitrogens is 1. The second-order valence-electron chi connectivity index (χ2n) is 5.74. The number of phosphoric acid groups is 2. The van der Waals surface area contributed by atoms with Gasteiger partial charge in [0.05, 0.1) is 5.56 Å². The molecule has 1 saturated heterocycles. The molecule has 1 aromatic heterocycles. The van der Waals surface area contributed by atoms with Crippen molar-refractivity contribution in [3.8, 4) is 0 Å². The standard InChI is InChI=1S/C10H15N2O14P3S/c1-12-2-4(9(15)11-10(12)16)8-7(14)6(13)5(24-8)3-23-27(17)30-26-29(21,22)25-28(18,19)20/h2,5-8,13-14H,3H2,1H3,(H3-,11,15,16,18,19,20,21,22)/p+1/t5-,6-,7-,8+/m1/s1. The van der Waals surface area contributed by atoms with Crippen LogP contribution >= 0.6 is 34.5 Å². The van der Waals surface area contributed by atoms with Crippen LogP contribution in [0.5, 0.6) is 0 Å². The van der Waals surface area contributed by atoms with E-state index in [1.165, 1.54) is 7.05 Å². The van der Waals surface area contributed by atoms with Crippen LogP contribution in [0.1, 0.15) is 11.7 Å². The Hall–Kier alpha value is -0.770. The Labute approximate surface area is 171 Å². The molecular weight excluding hydrogens is 497 g/mol. The molecule has 6 atom stereocenters. The number of nitrogens with zero attached hydrogens (tertiary/aromatic N) is 1. The second-order valence-corrected chi connectivity index (χ2v) is 11.1. The highest BCUT2D eigenvalue weighted by atomic mass is 32.7. The van der Waals surface area contributed by atoms with Crippen LogP contribution in [0.15, 0.2) is 15.8 Å². The fraction of sp³-hybridized carbons (Fsp3) is 0.600. The monoisotopic (exact) mass is 513 g/mol. The van der Waals surface area contributed by atoms with Gasteiger partial charge < -0.3 is 34.2 Å². The molecule has 20 heteroatoms. The van der Waals surface area contributed by atoms with Crippen molar-refractivity contribution in [2.45, 2.75) is 24.4 Å². The van der Waals surface area contributed by atoms with Gasteiger partial charge in [-0.05, 0) is 4.57 Å². The summed E-state index contributed by atoms with van der Waals surface area (Å²) in [6, 6.07) is 0. The molecule has 2 rings (SSSR count). The van der Waals surface area contributed by atoms with E-state index >= 15 is 0 Å². The average Bonchev–Trinajstić information content (AvgIpc) is 2.87. The highest BCUT2D eigenvalue weighted by molar-refractivity contribution is 8.48. The van der Waals surface area contributed by atoms with E-state index in [1.54, 1.807) is 0 Å². The van der Waals surface area contributed by atoms with Gasteiger partial charge >= 0.3 is 40.2 Å². The topological polar surface area (TPSA) is 244 Å². The first-order chi connectivity index (χ1) is 13.7. The quantitative estimate of drug-likeness (QED) is 0.167. The maximum absolute atomic E-state index is 11.9. The summed E-state index contributed by atoms with van der Waals surface area (Å²) in [6.07, 6.45) is -4.74. The maximum Gasteiger partial charge on any atom is 0.616 e. The van der Waals surface area contributed by atoms with Crippen LogP contribution in [0.4, 0.5) is 0 Å². The van der Waals surface area contributed by atoms with Crippen LogP contribution in [-0.4, -0.2) is 59.4 Å². The van der Waals surface area contributed by atoms with Crippen molar-refractivity contribution >= 4 is 34.5 Å². The van der Waals surface area contributed by atoms with Crippen LogP contribution in [-0.2, 0) is 38.3 Å². The van der Waals surface area contributed by atoms with Gasteiger partial charge in [-0.3, -0.25) is 9.78 Å². The fourth-order valence-electron chi connectivity index (χ4n) is 2.30. The highest BCUT2D eigenvalue weighted by Gasteiger charge is 2.46. The van der Waals surface area contributed by atoms with E-state index < -0.39 is 65.1 Å². The van der Waals surface area contributed by atoms with Crippen molar-refractivity contribution in [2.24, 2.45) is 7.05 Å². The Morgan fingerprint density at radius 2 is 1.90 bits per heavy atom. The molecule has 0 spiro atoms. The van der Waals surface area contributed by atoms with Crippen molar-refractivity contribution < 1.29 is 56.1 Å². The maximum atomic E-state index is 11.9. The molecule has 2 unspecified atom stereocenters. The molecule has 170 valence electrons. The lowest BCUT2D eigenvalue weighted by Crippen LogP contribution is -2.35. The fourth-order valence-corrected chi connectivity index (χ4v) is 6.16. The smallest absolute Gasteiger partial charge is 0.387 e. The van der Waals surface area contributed by atoms with Crippen LogP contribution in [0.3, 0.4) is 0 Å². The first-order valence-electron chi connectivity index (χ1n) is 7.58. The van der Waals surface area contributed by atoms with Crippen molar-refractivity contribution in [2.75, 3.05) is 6.61 Å². The summed E-state index contributed by atoms with van der Waals surface area (Å²) in [5.74, 6) is 0. The molecule has 0 amide bonds. The molecule has 0 radical (unpaired) electrons. The summed E-state index contributed by atoms with van der Waals surface area (Å²) >= 11 is -0.275. The van der Waals surface area contributed by atoms with Gasteiger partial charge in [0.2, 0.25) is 0 Å². The second kappa shape index (κ2) is 9.79. The lowest BCUT2D eigenvalue weighted by Gasteiger charge is -2.14.